The van der Waals surface area contributed by atoms with Crippen molar-refractivity contribution in [3.8, 4) is 11.4 Å². The van der Waals surface area contributed by atoms with Crippen LogP contribution in [0.3, 0.4) is 0 Å². The van der Waals surface area contributed by atoms with Gasteiger partial charge in [-0.05, 0) is 30.5 Å². The quantitative estimate of drug-likeness (QED) is 0.658. The van der Waals surface area contributed by atoms with Crippen LogP contribution in [0, 0.1) is 0 Å². The SMILES string of the molecule is NC[C@H]1CC[C@@H](C(=O)NCc2ccc(-c3nc4ccccc4[nH]3)cc2)O1. The van der Waals surface area contributed by atoms with E-state index < -0.39 is 0 Å². The van der Waals surface area contributed by atoms with Gasteiger partial charge in [-0.3, -0.25) is 4.79 Å². The summed E-state index contributed by atoms with van der Waals surface area (Å²) in [5.74, 6) is 0.774. The Morgan fingerprint density at radius 1 is 1.19 bits per heavy atom. The van der Waals surface area contributed by atoms with E-state index in [0.717, 1.165) is 40.8 Å². The van der Waals surface area contributed by atoms with Gasteiger partial charge in [-0.15, -0.1) is 0 Å². The summed E-state index contributed by atoms with van der Waals surface area (Å²) < 4.78 is 5.62. The highest BCUT2D eigenvalue weighted by Gasteiger charge is 2.29. The number of ether oxygens (including phenoxy) is 1. The third-order valence-corrected chi connectivity index (χ3v) is 4.75. The summed E-state index contributed by atoms with van der Waals surface area (Å²) in [4.78, 5) is 20.1. The molecule has 6 nitrogen and oxygen atoms in total. The smallest absolute Gasteiger partial charge is 0.249 e. The van der Waals surface area contributed by atoms with E-state index in [-0.39, 0.29) is 18.1 Å². The van der Waals surface area contributed by atoms with Crippen LogP contribution in [0.2, 0.25) is 0 Å². The van der Waals surface area contributed by atoms with Gasteiger partial charge in [0.25, 0.3) is 0 Å². The molecule has 1 fully saturated rings. The molecule has 4 N–H and O–H groups in total. The molecule has 0 spiro atoms. The highest BCUT2D eigenvalue weighted by atomic mass is 16.5. The maximum absolute atomic E-state index is 12.2. The lowest BCUT2D eigenvalue weighted by atomic mass is 10.1. The van der Waals surface area contributed by atoms with E-state index in [4.69, 9.17) is 10.5 Å². The summed E-state index contributed by atoms with van der Waals surface area (Å²) in [5.41, 5.74) is 9.60. The Hall–Kier alpha value is -2.70. The zero-order chi connectivity index (χ0) is 17.9. The van der Waals surface area contributed by atoms with Gasteiger partial charge < -0.3 is 20.8 Å². The fourth-order valence-corrected chi connectivity index (χ4v) is 3.24. The molecule has 134 valence electrons. The Morgan fingerprint density at radius 2 is 2.00 bits per heavy atom. The number of carbonyl (C=O) groups is 1. The van der Waals surface area contributed by atoms with Crippen LogP contribution in [0.5, 0.6) is 0 Å². The number of nitrogens with two attached hydrogens (primary N) is 1. The molecular weight excluding hydrogens is 328 g/mol. The lowest BCUT2D eigenvalue weighted by Gasteiger charge is -2.12. The van der Waals surface area contributed by atoms with Crippen LogP contribution >= 0.6 is 0 Å². The van der Waals surface area contributed by atoms with Gasteiger partial charge in [0.05, 0.1) is 17.1 Å². The topological polar surface area (TPSA) is 93.0 Å². The highest BCUT2D eigenvalue weighted by molar-refractivity contribution is 5.81. The van der Waals surface area contributed by atoms with Crippen LogP contribution in [0.15, 0.2) is 48.5 Å². The first kappa shape index (κ1) is 16.8. The minimum absolute atomic E-state index is 0.00819. The van der Waals surface area contributed by atoms with Gasteiger partial charge in [0.2, 0.25) is 5.91 Å². The van der Waals surface area contributed by atoms with Crippen molar-refractivity contribution >= 4 is 16.9 Å². The maximum Gasteiger partial charge on any atom is 0.249 e. The molecule has 0 unspecified atom stereocenters. The van der Waals surface area contributed by atoms with Crippen molar-refractivity contribution in [2.75, 3.05) is 6.54 Å². The van der Waals surface area contributed by atoms with Crippen molar-refractivity contribution in [2.24, 2.45) is 5.73 Å². The number of amides is 1. The Labute approximate surface area is 151 Å². The van der Waals surface area contributed by atoms with Crippen molar-refractivity contribution in [2.45, 2.75) is 31.6 Å². The van der Waals surface area contributed by atoms with E-state index in [0.29, 0.717) is 13.1 Å². The minimum atomic E-state index is -0.377. The van der Waals surface area contributed by atoms with E-state index >= 15 is 0 Å². The van der Waals surface area contributed by atoms with E-state index in [1.807, 2.05) is 48.5 Å². The molecule has 1 saturated heterocycles. The molecule has 0 saturated carbocycles. The molecule has 0 bridgehead atoms. The van der Waals surface area contributed by atoms with Crippen LogP contribution in [0.1, 0.15) is 18.4 Å². The molecule has 2 atom stereocenters. The molecule has 1 aromatic heterocycles. The van der Waals surface area contributed by atoms with Crippen LogP contribution in [0.4, 0.5) is 0 Å². The number of H-pyrrole nitrogens is 1. The van der Waals surface area contributed by atoms with E-state index in [1.165, 1.54) is 0 Å². The number of nitrogens with zero attached hydrogens (tertiary/aromatic N) is 1. The highest BCUT2D eigenvalue weighted by Crippen LogP contribution is 2.21. The number of rotatable bonds is 5. The predicted molar refractivity (Wildman–Crippen MR) is 100 cm³/mol. The van der Waals surface area contributed by atoms with Crippen molar-refractivity contribution in [1.82, 2.24) is 15.3 Å². The molecule has 4 rings (SSSR count). The van der Waals surface area contributed by atoms with Crippen molar-refractivity contribution < 1.29 is 9.53 Å². The van der Waals surface area contributed by atoms with Crippen molar-refractivity contribution in [1.29, 1.82) is 0 Å². The van der Waals surface area contributed by atoms with Gasteiger partial charge >= 0.3 is 0 Å². The Morgan fingerprint density at radius 3 is 2.73 bits per heavy atom. The summed E-state index contributed by atoms with van der Waals surface area (Å²) >= 11 is 0. The Kier molecular flexibility index (Phi) is 4.69. The number of hydrogen-bond acceptors (Lipinski definition) is 4. The Balaban J connectivity index is 1.38. The molecule has 6 heteroatoms. The maximum atomic E-state index is 12.2. The average Bonchev–Trinajstić information content (AvgIpc) is 3.33. The number of nitrogens with one attached hydrogen (secondary N) is 2. The number of aromatic nitrogens is 2. The summed E-state index contributed by atoms with van der Waals surface area (Å²) in [6.07, 6.45) is 1.21. The minimum Gasteiger partial charge on any atom is -0.364 e. The predicted octanol–water partition coefficient (Wildman–Crippen LogP) is 2.35. The largest absolute Gasteiger partial charge is 0.364 e. The summed E-state index contributed by atoms with van der Waals surface area (Å²) in [6.45, 7) is 0.944. The summed E-state index contributed by atoms with van der Waals surface area (Å²) in [6, 6.07) is 16.0. The number of carbonyl (C=O) groups excluding carboxylic acids is 1. The fraction of sp³-hybridized carbons (Fsp3) is 0.300. The normalized spacial score (nSPS) is 19.7. The molecule has 1 aliphatic heterocycles. The fourth-order valence-electron chi connectivity index (χ4n) is 3.24. The molecule has 0 radical (unpaired) electrons. The molecular formula is C20H22N4O2. The zero-order valence-electron chi connectivity index (χ0n) is 14.4. The van der Waals surface area contributed by atoms with Crippen LogP contribution in [0.25, 0.3) is 22.4 Å². The molecule has 1 aliphatic rings. The van der Waals surface area contributed by atoms with Crippen LogP contribution in [-0.2, 0) is 16.1 Å². The average molecular weight is 350 g/mol. The molecule has 26 heavy (non-hydrogen) atoms. The van der Waals surface area contributed by atoms with Gasteiger partial charge in [0, 0.05) is 18.7 Å². The van der Waals surface area contributed by atoms with E-state index in [9.17, 15) is 4.79 Å². The third-order valence-electron chi connectivity index (χ3n) is 4.75. The number of aromatic amines is 1. The van der Waals surface area contributed by atoms with Crippen LogP contribution in [-0.4, -0.2) is 34.6 Å². The Bertz CT molecular complexity index is 871. The van der Waals surface area contributed by atoms with Gasteiger partial charge in [0.1, 0.15) is 11.9 Å². The van der Waals surface area contributed by atoms with E-state index in [1.54, 1.807) is 0 Å². The first-order valence-electron chi connectivity index (χ1n) is 8.90. The number of imidazole rings is 1. The molecule has 2 aromatic carbocycles. The van der Waals surface area contributed by atoms with Crippen molar-refractivity contribution in [3.63, 3.8) is 0 Å². The number of para-hydroxylation sites is 2. The molecule has 0 aliphatic carbocycles. The number of fused-ring (bicyclic) bond motifs is 1. The van der Waals surface area contributed by atoms with Gasteiger partial charge in [-0.2, -0.15) is 0 Å². The van der Waals surface area contributed by atoms with Crippen LogP contribution < -0.4 is 11.1 Å². The second kappa shape index (κ2) is 7.27. The first-order chi connectivity index (χ1) is 12.7. The van der Waals surface area contributed by atoms with Gasteiger partial charge in [-0.25, -0.2) is 4.98 Å². The van der Waals surface area contributed by atoms with Gasteiger partial charge in [-0.1, -0.05) is 36.4 Å². The zero-order valence-corrected chi connectivity index (χ0v) is 14.4. The summed E-state index contributed by atoms with van der Waals surface area (Å²) in [7, 11) is 0. The third kappa shape index (κ3) is 3.47. The molecule has 2 heterocycles. The van der Waals surface area contributed by atoms with Crippen molar-refractivity contribution in [3.05, 3.63) is 54.1 Å². The van der Waals surface area contributed by atoms with Gasteiger partial charge in [0.15, 0.2) is 0 Å². The molecule has 1 amide bonds. The lowest BCUT2D eigenvalue weighted by Crippen LogP contribution is -2.35. The first-order valence-corrected chi connectivity index (χ1v) is 8.90. The number of hydrogen-bond donors (Lipinski definition) is 3. The lowest BCUT2D eigenvalue weighted by molar-refractivity contribution is -0.132. The van der Waals surface area contributed by atoms with E-state index in [2.05, 4.69) is 15.3 Å². The monoisotopic (exact) mass is 350 g/mol. The number of benzene rings is 2. The second-order valence-electron chi connectivity index (χ2n) is 6.58. The standard InChI is InChI=1S/C20H22N4O2/c21-11-15-9-10-18(26-15)20(25)22-12-13-5-7-14(8-6-13)19-23-16-3-1-2-4-17(16)24-19/h1-8,15,18H,9-12,21H2,(H,22,25)(H,23,24)/t15-,18+/m1/s1. The molecule has 3 aromatic rings. The summed E-state index contributed by atoms with van der Waals surface area (Å²) in [5, 5.41) is 2.94. The second-order valence-corrected chi connectivity index (χ2v) is 6.58.